The molecular weight excluding hydrogens is 554 g/mol. The molecule has 7 rings (SSSR count). The van der Waals surface area contributed by atoms with Crippen molar-refractivity contribution in [2.45, 2.75) is 50.4 Å². The lowest BCUT2D eigenvalue weighted by Gasteiger charge is -2.14. The van der Waals surface area contributed by atoms with Crippen molar-refractivity contribution in [3.63, 3.8) is 0 Å². The van der Waals surface area contributed by atoms with E-state index in [0.29, 0.717) is 33.9 Å². The minimum Gasteiger partial charge on any atom is -0.480 e. The number of halogens is 4. The first kappa shape index (κ1) is 26.2. The molecule has 9 nitrogen and oxygen atoms in total. The number of hydrogen-bond donors (Lipinski definition) is 0. The van der Waals surface area contributed by atoms with Crippen LogP contribution in [0.25, 0.3) is 33.8 Å². The summed E-state index contributed by atoms with van der Waals surface area (Å²) in [6, 6.07) is 7.63. The molecular formula is C29H23F4N7O2. The Morgan fingerprint density at radius 1 is 0.976 bits per heavy atom. The van der Waals surface area contributed by atoms with Crippen LogP contribution < -0.4 is 9.47 Å². The maximum atomic E-state index is 15.3. The van der Waals surface area contributed by atoms with Gasteiger partial charge in [0, 0.05) is 24.4 Å². The number of imidazole rings is 1. The summed E-state index contributed by atoms with van der Waals surface area (Å²) >= 11 is 0. The van der Waals surface area contributed by atoms with Crippen molar-refractivity contribution in [3.05, 3.63) is 71.8 Å². The Labute approximate surface area is 236 Å². The molecule has 0 spiro atoms. The van der Waals surface area contributed by atoms with Crippen LogP contribution in [0.5, 0.6) is 11.8 Å². The fraction of sp³-hybridized carbons (Fsp3) is 0.310. The lowest BCUT2D eigenvalue weighted by Crippen LogP contribution is -2.06. The monoisotopic (exact) mass is 577 g/mol. The number of rotatable bonds is 8. The minimum absolute atomic E-state index is 0.0103. The molecule has 13 heteroatoms. The molecule has 2 fully saturated rings. The van der Waals surface area contributed by atoms with E-state index < -0.39 is 17.7 Å². The first-order valence-electron chi connectivity index (χ1n) is 13.4. The van der Waals surface area contributed by atoms with E-state index in [1.807, 2.05) is 0 Å². The van der Waals surface area contributed by atoms with Crippen LogP contribution in [0.3, 0.4) is 0 Å². The Hall–Kier alpha value is -4.68. The second-order valence-corrected chi connectivity index (χ2v) is 10.3. The Balaban J connectivity index is 1.21. The van der Waals surface area contributed by atoms with Gasteiger partial charge >= 0.3 is 6.18 Å². The van der Waals surface area contributed by atoms with E-state index >= 15 is 4.39 Å². The minimum atomic E-state index is -4.62. The van der Waals surface area contributed by atoms with E-state index in [-0.39, 0.29) is 35.8 Å². The van der Waals surface area contributed by atoms with Gasteiger partial charge in [0.1, 0.15) is 30.1 Å². The number of hydrogen-bond acceptors (Lipinski definition) is 8. The molecule has 42 heavy (non-hydrogen) atoms. The number of nitrogens with zero attached hydrogens (tertiary/aromatic N) is 7. The molecule has 1 aromatic carbocycles. The zero-order chi connectivity index (χ0) is 29.0. The molecule has 0 atom stereocenters. The normalized spacial score (nSPS) is 15.3. The Morgan fingerprint density at radius 2 is 1.81 bits per heavy atom. The van der Waals surface area contributed by atoms with Crippen molar-refractivity contribution < 1.29 is 27.0 Å². The Kier molecular flexibility index (Phi) is 6.24. The zero-order valence-electron chi connectivity index (χ0n) is 22.3. The standard InChI is InChI=1S/C29H23F4N7O2/c1-41-28-22(23(16-5-6-16)35-14-36-28)25-38-24-19(3-2-10-34-24)27(39-25)42-13-15-4-9-18(20(30)11-15)26-37-21(29(31,32)33)12-40(26)17-7-8-17/h2-4,9-12,14,16-17H,5-8,13H2,1H3. The van der Waals surface area contributed by atoms with Gasteiger partial charge in [0.25, 0.3) is 0 Å². The fourth-order valence-corrected chi connectivity index (χ4v) is 4.91. The number of alkyl halides is 3. The van der Waals surface area contributed by atoms with Gasteiger partial charge in [-0.1, -0.05) is 6.07 Å². The summed E-state index contributed by atoms with van der Waals surface area (Å²) in [5.41, 5.74) is 1.15. The van der Waals surface area contributed by atoms with Gasteiger partial charge in [-0.2, -0.15) is 18.2 Å². The van der Waals surface area contributed by atoms with E-state index in [9.17, 15) is 13.2 Å². The van der Waals surface area contributed by atoms with E-state index in [4.69, 9.17) is 9.47 Å². The summed E-state index contributed by atoms with van der Waals surface area (Å²) in [6.07, 6.45) is 2.81. The van der Waals surface area contributed by atoms with E-state index in [1.165, 1.54) is 30.1 Å². The van der Waals surface area contributed by atoms with Gasteiger partial charge in [-0.05, 0) is 55.5 Å². The maximum Gasteiger partial charge on any atom is 0.434 e. The van der Waals surface area contributed by atoms with Crippen LogP contribution in [0.2, 0.25) is 0 Å². The number of aromatic nitrogens is 7. The van der Waals surface area contributed by atoms with Crippen molar-refractivity contribution in [1.29, 1.82) is 0 Å². The third kappa shape index (κ3) is 4.88. The molecule has 0 radical (unpaired) electrons. The molecule has 214 valence electrons. The average molecular weight is 578 g/mol. The van der Waals surface area contributed by atoms with Crippen molar-refractivity contribution in [2.24, 2.45) is 0 Å². The van der Waals surface area contributed by atoms with Crippen molar-refractivity contribution in [2.75, 3.05) is 7.11 Å². The Bertz CT molecular complexity index is 1820. The molecule has 0 N–H and O–H groups in total. The van der Waals surface area contributed by atoms with Crippen LogP contribution >= 0.6 is 0 Å². The van der Waals surface area contributed by atoms with Crippen LogP contribution in [-0.2, 0) is 12.8 Å². The zero-order valence-corrected chi connectivity index (χ0v) is 22.3. The smallest absolute Gasteiger partial charge is 0.434 e. The van der Waals surface area contributed by atoms with Crippen LogP contribution in [0.1, 0.15) is 54.6 Å². The highest BCUT2D eigenvalue weighted by molar-refractivity contribution is 5.83. The molecule has 0 saturated heterocycles. The molecule has 4 aromatic heterocycles. The summed E-state index contributed by atoms with van der Waals surface area (Å²) in [4.78, 5) is 26.1. The number of ether oxygens (including phenoxy) is 2. The summed E-state index contributed by atoms with van der Waals surface area (Å²) in [6.45, 7) is -0.0690. The van der Waals surface area contributed by atoms with Crippen molar-refractivity contribution in [3.8, 4) is 34.5 Å². The number of pyridine rings is 1. The van der Waals surface area contributed by atoms with Crippen LogP contribution in [-0.4, -0.2) is 41.6 Å². The predicted molar refractivity (Wildman–Crippen MR) is 142 cm³/mol. The molecule has 0 aliphatic heterocycles. The molecule has 2 aliphatic rings. The quantitative estimate of drug-likeness (QED) is 0.198. The van der Waals surface area contributed by atoms with Crippen LogP contribution in [0.15, 0.2) is 49.1 Å². The second kappa shape index (κ2) is 10.00. The molecule has 4 heterocycles. The van der Waals surface area contributed by atoms with Gasteiger partial charge in [-0.15, -0.1) is 0 Å². The van der Waals surface area contributed by atoms with Gasteiger partial charge in [-0.25, -0.2) is 29.3 Å². The predicted octanol–water partition coefficient (Wildman–Crippen LogP) is 6.30. The lowest BCUT2D eigenvalue weighted by molar-refractivity contribution is -0.140. The van der Waals surface area contributed by atoms with Crippen LogP contribution in [0.4, 0.5) is 17.6 Å². The molecule has 0 amide bonds. The van der Waals surface area contributed by atoms with E-state index in [1.54, 1.807) is 24.4 Å². The summed E-state index contributed by atoms with van der Waals surface area (Å²) in [7, 11) is 1.51. The Morgan fingerprint density at radius 3 is 2.52 bits per heavy atom. The molecule has 0 unspecified atom stereocenters. The van der Waals surface area contributed by atoms with Gasteiger partial charge in [0.2, 0.25) is 11.8 Å². The highest BCUT2D eigenvalue weighted by Gasteiger charge is 2.38. The maximum absolute atomic E-state index is 15.3. The van der Waals surface area contributed by atoms with E-state index in [2.05, 4.69) is 29.9 Å². The molecule has 0 bridgehead atoms. The SMILES string of the molecule is COc1ncnc(C2CC2)c1-c1nc(OCc2ccc(-c3nc(C(F)(F)F)cn3C3CC3)c(F)c2)c2cccnc2n1. The van der Waals surface area contributed by atoms with Crippen molar-refractivity contribution in [1.82, 2.24) is 34.5 Å². The summed E-state index contributed by atoms with van der Waals surface area (Å²) in [5.74, 6) is 0.367. The fourth-order valence-electron chi connectivity index (χ4n) is 4.91. The highest BCUT2D eigenvalue weighted by Crippen LogP contribution is 2.45. The molecule has 2 saturated carbocycles. The first-order chi connectivity index (χ1) is 20.3. The molecule has 2 aliphatic carbocycles. The van der Waals surface area contributed by atoms with Gasteiger partial charge < -0.3 is 14.0 Å². The topological polar surface area (TPSA) is 101 Å². The first-order valence-corrected chi connectivity index (χ1v) is 13.4. The second-order valence-electron chi connectivity index (χ2n) is 10.3. The van der Waals surface area contributed by atoms with Gasteiger partial charge in [-0.3, -0.25) is 0 Å². The number of benzene rings is 1. The number of methoxy groups -OCH3 is 1. The average Bonchev–Trinajstić information content (AvgIpc) is 3.93. The highest BCUT2D eigenvalue weighted by atomic mass is 19.4. The van der Waals surface area contributed by atoms with Gasteiger partial charge in [0.05, 0.1) is 23.8 Å². The van der Waals surface area contributed by atoms with E-state index in [0.717, 1.165) is 37.6 Å². The summed E-state index contributed by atoms with van der Waals surface area (Å²) in [5, 5.41) is 0.549. The summed E-state index contributed by atoms with van der Waals surface area (Å²) < 4.78 is 68.4. The van der Waals surface area contributed by atoms with Gasteiger partial charge in [0.15, 0.2) is 17.2 Å². The third-order valence-electron chi connectivity index (χ3n) is 7.27. The molecule has 5 aromatic rings. The number of fused-ring (bicyclic) bond motifs is 1. The van der Waals surface area contributed by atoms with Crippen LogP contribution in [0, 0.1) is 5.82 Å². The lowest BCUT2D eigenvalue weighted by atomic mass is 10.1. The largest absolute Gasteiger partial charge is 0.480 e. The third-order valence-corrected chi connectivity index (χ3v) is 7.27. The van der Waals surface area contributed by atoms with Crippen molar-refractivity contribution >= 4 is 11.0 Å².